The van der Waals surface area contributed by atoms with Crippen molar-refractivity contribution in [1.82, 2.24) is 9.80 Å². The van der Waals surface area contributed by atoms with Gasteiger partial charge in [0.2, 0.25) is 0 Å². The van der Waals surface area contributed by atoms with Gasteiger partial charge in [-0.2, -0.15) is 0 Å². The van der Waals surface area contributed by atoms with Crippen molar-refractivity contribution in [3.8, 4) is 5.75 Å². The fraction of sp³-hybridized carbons (Fsp3) is 0.480. The van der Waals surface area contributed by atoms with E-state index in [9.17, 15) is 9.90 Å². The Morgan fingerprint density at radius 3 is 2.52 bits per heavy atom. The molecular weight excluding hydrogens is 390 g/mol. The Balaban J connectivity index is 1.89. The van der Waals surface area contributed by atoms with Crippen LogP contribution in [0.2, 0.25) is 0 Å². The molecule has 6 heteroatoms. The van der Waals surface area contributed by atoms with Crippen molar-refractivity contribution in [2.45, 2.75) is 32.5 Å². The van der Waals surface area contributed by atoms with E-state index in [0.29, 0.717) is 17.9 Å². The number of nitrogens with zero attached hydrogens (tertiary/aromatic N) is 3. The Labute approximate surface area is 186 Å². The van der Waals surface area contributed by atoms with Gasteiger partial charge in [-0.05, 0) is 37.7 Å². The molecule has 6 nitrogen and oxygen atoms in total. The highest BCUT2D eigenvalue weighted by Crippen LogP contribution is 2.31. The highest BCUT2D eigenvalue weighted by Gasteiger charge is 2.33. The Morgan fingerprint density at radius 1 is 1.16 bits per heavy atom. The van der Waals surface area contributed by atoms with E-state index in [1.807, 2.05) is 50.2 Å². The number of likely N-dealkylation sites (N-methyl/N-ethyl adjacent to an activating group) is 1. The molecule has 0 spiro atoms. The van der Waals surface area contributed by atoms with E-state index >= 15 is 0 Å². The lowest BCUT2D eigenvalue weighted by Gasteiger charge is -2.38. The van der Waals surface area contributed by atoms with Crippen LogP contribution >= 0.6 is 0 Å². The van der Waals surface area contributed by atoms with Crippen molar-refractivity contribution in [2.75, 3.05) is 45.7 Å². The van der Waals surface area contributed by atoms with Gasteiger partial charge in [0.05, 0.1) is 18.2 Å². The lowest BCUT2D eigenvalue weighted by atomic mass is 9.99. The molecule has 1 amide bonds. The average Bonchev–Trinajstić information content (AvgIpc) is 2.75. The number of rotatable bonds is 7. The predicted octanol–water partition coefficient (Wildman–Crippen LogP) is 3.10. The van der Waals surface area contributed by atoms with E-state index in [-0.39, 0.29) is 30.6 Å². The van der Waals surface area contributed by atoms with Crippen LogP contribution in [0.1, 0.15) is 29.8 Å². The van der Waals surface area contributed by atoms with Crippen molar-refractivity contribution < 1.29 is 14.6 Å². The SMILES string of the molecule is C[C@@H]1CN([C@H](C)CO)C(=O)c2cc(N(C)C)ccc2O[C@H]1CN(C)Cc1ccccc1. The van der Waals surface area contributed by atoms with Crippen molar-refractivity contribution in [1.29, 1.82) is 0 Å². The molecule has 0 aliphatic carbocycles. The molecule has 31 heavy (non-hydrogen) atoms. The molecule has 0 radical (unpaired) electrons. The van der Waals surface area contributed by atoms with Gasteiger partial charge in [-0.3, -0.25) is 9.69 Å². The van der Waals surface area contributed by atoms with Gasteiger partial charge < -0.3 is 19.6 Å². The number of hydrogen-bond acceptors (Lipinski definition) is 5. The maximum absolute atomic E-state index is 13.4. The molecule has 0 saturated carbocycles. The van der Waals surface area contributed by atoms with Crippen molar-refractivity contribution in [3.63, 3.8) is 0 Å². The zero-order chi connectivity index (χ0) is 22.5. The molecule has 0 aromatic heterocycles. The minimum Gasteiger partial charge on any atom is -0.488 e. The van der Waals surface area contributed by atoms with E-state index in [1.54, 1.807) is 4.90 Å². The van der Waals surface area contributed by atoms with Crippen molar-refractivity contribution in [3.05, 3.63) is 59.7 Å². The van der Waals surface area contributed by atoms with Gasteiger partial charge in [0.1, 0.15) is 11.9 Å². The second-order valence-electron chi connectivity index (χ2n) is 8.88. The summed E-state index contributed by atoms with van der Waals surface area (Å²) in [5, 5.41) is 9.78. The predicted molar refractivity (Wildman–Crippen MR) is 125 cm³/mol. The Kier molecular flexibility index (Phi) is 7.57. The lowest BCUT2D eigenvalue weighted by molar-refractivity contribution is 0.0341. The normalized spacial score (nSPS) is 20.0. The van der Waals surface area contributed by atoms with Crippen molar-refractivity contribution >= 4 is 11.6 Å². The summed E-state index contributed by atoms with van der Waals surface area (Å²) in [4.78, 5) is 19.4. The van der Waals surface area contributed by atoms with Crippen LogP contribution in [-0.2, 0) is 6.54 Å². The summed E-state index contributed by atoms with van der Waals surface area (Å²) in [5.74, 6) is 0.622. The fourth-order valence-corrected chi connectivity index (χ4v) is 3.97. The van der Waals surface area contributed by atoms with Gasteiger partial charge in [0.25, 0.3) is 5.91 Å². The maximum Gasteiger partial charge on any atom is 0.258 e. The molecule has 2 aromatic rings. The summed E-state index contributed by atoms with van der Waals surface area (Å²) in [5.41, 5.74) is 2.75. The molecule has 0 unspecified atom stereocenters. The Bertz CT molecular complexity index is 872. The van der Waals surface area contributed by atoms with Crippen molar-refractivity contribution in [2.24, 2.45) is 5.92 Å². The second kappa shape index (κ2) is 10.2. The third-order valence-electron chi connectivity index (χ3n) is 5.95. The van der Waals surface area contributed by atoms with Gasteiger partial charge in [0.15, 0.2) is 0 Å². The highest BCUT2D eigenvalue weighted by molar-refractivity contribution is 5.98. The molecular formula is C25H35N3O3. The number of aliphatic hydroxyl groups is 1. The van der Waals surface area contributed by atoms with Gasteiger partial charge in [-0.15, -0.1) is 0 Å². The molecule has 2 aromatic carbocycles. The van der Waals surface area contributed by atoms with Crippen LogP contribution in [0, 0.1) is 5.92 Å². The van der Waals surface area contributed by atoms with E-state index in [1.165, 1.54) is 5.56 Å². The smallest absolute Gasteiger partial charge is 0.258 e. The molecule has 0 bridgehead atoms. The van der Waals surface area contributed by atoms with Gasteiger partial charge in [-0.1, -0.05) is 37.3 Å². The van der Waals surface area contributed by atoms with Crippen LogP contribution in [0.5, 0.6) is 5.75 Å². The second-order valence-corrected chi connectivity index (χ2v) is 8.88. The molecule has 0 fully saturated rings. The number of amides is 1. The summed E-state index contributed by atoms with van der Waals surface area (Å²) in [7, 11) is 6.00. The highest BCUT2D eigenvalue weighted by atomic mass is 16.5. The monoisotopic (exact) mass is 425 g/mol. The van der Waals surface area contributed by atoms with Gasteiger partial charge in [0, 0.05) is 45.3 Å². The van der Waals surface area contributed by atoms with Crippen LogP contribution in [0.25, 0.3) is 0 Å². The van der Waals surface area contributed by atoms with E-state index in [4.69, 9.17) is 4.74 Å². The van der Waals surface area contributed by atoms with E-state index < -0.39 is 0 Å². The molecule has 3 rings (SSSR count). The number of anilines is 1. The fourth-order valence-electron chi connectivity index (χ4n) is 3.97. The summed E-state index contributed by atoms with van der Waals surface area (Å²) in [6, 6.07) is 15.9. The first-order valence-electron chi connectivity index (χ1n) is 10.9. The van der Waals surface area contributed by atoms with Crippen LogP contribution in [-0.4, -0.2) is 73.8 Å². The third kappa shape index (κ3) is 5.57. The first-order valence-corrected chi connectivity index (χ1v) is 10.9. The Hall–Kier alpha value is -2.57. The first-order chi connectivity index (χ1) is 14.8. The van der Waals surface area contributed by atoms with Crippen LogP contribution in [0.3, 0.4) is 0 Å². The molecule has 0 saturated heterocycles. The standard InChI is InChI=1S/C25H35N3O3/c1-18-14-28(19(2)17-29)25(30)22-13-21(26(3)4)11-12-23(22)31-24(18)16-27(5)15-20-9-7-6-8-10-20/h6-13,18-19,24,29H,14-17H2,1-5H3/t18-,19-,24+/m1/s1. The molecule has 168 valence electrons. The summed E-state index contributed by atoms with van der Waals surface area (Å²) < 4.78 is 6.45. The molecule has 1 N–H and O–H groups in total. The molecule has 1 aliphatic rings. The lowest BCUT2D eigenvalue weighted by Crippen LogP contribution is -2.49. The number of benzene rings is 2. The third-order valence-corrected chi connectivity index (χ3v) is 5.95. The van der Waals surface area contributed by atoms with Crippen LogP contribution in [0.4, 0.5) is 5.69 Å². The zero-order valence-corrected chi connectivity index (χ0v) is 19.3. The van der Waals surface area contributed by atoms with Crippen LogP contribution < -0.4 is 9.64 Å². The van der Waals surface area contributed by atoms with E-state index in [0.717, 1.165) is 18.8 Å². The summed E-state index contributed by atoms with van der Waals surface area (Å²) in [6.45, 7) is 6.04. The molecule has 1 aliphatic heterocycles. The largest absolute Gasteiger partial charge is 0.488 e. The summed E-state index contributed by atoms with van der Waals surface area (Å²) in [6.07, 6.45) is -0.0841. The number of fused-ring (bicyclic) bond motifs is 1. The number of carbonyl (C=O) groups is 1. The minimum atomic E-state index is -0.258. The average molecular weight is 426 g/mol. The first kappa shape index (κ1) is 23.1. The van der Waals surface area contributed by atoms with Gasteiger partial charge in [-0.25, -0.2) is 0 Å². The number of hydrogen-bond donors (Lipinski definition) is 1. The summed E-state index contributed by atoms with van der Waals surface area (Å²) >= 11 is 0. The zero-order valence-electron chi connectivity index (χ0n) is 19.3. The number of ether oxygens (including phenoxy) is 1. The van der Waals surface area contributed by atoms with E-state index in [2.05, 4.69) is 43.1 Å². The molecule has 3 atom stereocenters. The quantitative estimate of drug-likeness (QED) is 0.739. The van der Waals surface area contributed by atoms with Gasteiger partial charge >= 0.3 is 0 Å². The number of aliphatic hydroxyl groups excluding tert-OH is 1. The minimum absolute atomic E-state index is 0.0689. The maximum atomic E-state index is 13.4. The number of carbonyl (C=O) groups excluding carboxylic acids is 1. The van der Waals surface area contributed by atoms with Crippen LogP contribution in [0.15, 0.2) is 48.5 Å². The Morgan fingerprint density at radius 2 is 1.87 bits per heavy atom. The topological polar surface area (TPSA) is 56.3 Å². The molecule has 1 heterocycles.